The monoisotopic (exact) mass is 345 g/mol. The first-order valence-electron chi connectivity index (χ1n) is 8.39. The van der Waals surface area contributed by atoms with E-state index in [1.807, 2.05) is 27.0 Å². The molecule has 3 rings (SSSR count). The number of hydrogen-bond acceptors (Lipinski definition) is 7. The molecule has 0 aliphatic carbocycles. The van der Waals surface area contributed by atoms with Crippen LogP contribution in [-0.2, 0) is 0 Å². The minimum absolute atomic E-state index is 0.0923. The third-order valence-corrected chi connectivity index (χ3v) is 4.27. The summed E-state index contributed by atoms with van der Waals surface area (Å²) >= 11 is 0. The molecule has 2 aromatic rings. The molecule has 1 atom stereocenters. The summed E-state index contributed by atoms with van der Waals surface area (Å²) in [6, 6.07) is 3.48. The summed E-state index contributed by atoms with van der Waals surface area (Å²) in [5.74, 6) is 1.42. The number of piperazine rings is 1. The van der Waals surface area contributed by atoms with E-state index < -0.39 is 0 Å². The fraction of sp³-hybridized carbons (Fsp3) is 0.529. The first-order valence-corrected chi connectivity index (χ1v) is 8.39. The summed E-state index contributed by atoms with van der Waals surface area (Å²) in [4.78, 5) is 25.6. The zero-order chi connectivity index (χ0) is 18.0. The fourth-order valence-corrected chi connectivity index (χ4v) is 2.89. The molecule has 0 radical (unpaired) electrons. The van der Waals surface area contributed by atoms with Crippen molar-refractivity contribution >= 4 is 5.91 Å². The van der Waals surface area contributed by atoms with Crippen molar-refractivity contribution in [3.05, 3.63) is 35.1 Å². The molecule has 0 saturated carbocycles. The maximum absolute atomic E-state index is 13.0. The van der Waals surface area contributed by atoms with Gasteiger partial charge in [-0.3, -0.25) is 9.69 Å². The Kier molecular flexibility index (Phi) is 4.98. The number of pyridine rings is 1. The van der Waals surface area contributed by atoms with Crippen LogP contribution in [0.15, 0.2) is 16.7 Å². The minimum Gasteiger partial charge on any atom is -0.477 e. The molecule has 134 valence electrons. The van der Waals surface area contributed by atoms with Gasteiger partial charge in [-0.2, -0.15) is 4.98 Å². The third-order valence-electron chi connectivity index (χ3n) is 4.27. The summed E-state index contributed by atoms with van der Waals surface area (Å²) in [7, 11) is 1.99. The Bertz CT molecular complexity index is 760. The number of aryl methyl sites for hydroxylation is 2. The average Bonchev–Trinajstić information content (AvgIpc) is 3.01. The van der Waals surface area contributed by atoms with Crippen LogP contribution in [0.3, 0.4) is 0 Å². The average molecular weight is 345 g/mol. The molecule has 1 saturated heterocycles. The molecule has 1 fully saturated rings. The van der Waals surface area contributed by atoms with Gasteiger partial charge >= 0.3 is 0 Å². The number of ether oxygens (including phenoxy) is 1. The van der Waals surface area contributed by atoms with E-state index in [-0.39, 0.29) is 11.9 Å². The van der Waals surface area contributed by atoms with Crippen LogP contribution in [0.25, 0.3) is 0 Å². The molecule has 8 nitrogen and oxygen atoms in total. The number of nitrogens with zero attached hydrogens (tertiary/aromatic N) is 5. The predicted octanol–water partition coefficient (Wildman–Crippen LogP) is 1.61. The largest absolute Gasteiger partial charge is 0.477 e. The maximum Gasteiger partial charge on any atom is 0.259 e. The zero-order valence-corrected chi connectivity index (χ0v) is 15.0. The highest BCUT2D eigenvalue weighted by Crippen LogP contribution is 2.25. The number of carbonyl (C=O) groups is 1. The van der Waals surface area contributed by atoms with Gasteiger partial charge in [-0.15, -0.1) is 0 Å². The van der Waals surface area contributed by atoms with E-state index in [0.717, 1.165) is 12.2 Å². The van der Waals surface area contributed by atoms with Crippen molar-refractivity contribution in [2.75, 3.05) is 33.3 Å². The van der Waals surface area contributed by atoms with Crippen molar-refractivity contribution in [1.82, 2.24) is 24.9 Å². The lowest BCUT2D eigenvalue weighted by molar-refractivity contribution is 0.0485. The molecule has 0 unspecified atom stereocenters. The number of hydrogen-bond donors (Lipinski definition) is 0. The van der Waals surface area contributed by atoms with Gasteiger partial charge in [0.15, 0.2) is 5.82 Å². The van der Waals surface area contributed by atoms with Crippen LogP contribution < -0.4 is 4.74 Å². The van der Waals surface area contributed by atoms with Gasteiger partial charge in [-0.25, -0.2) is 4.98 Å². The number of likely N-dealkylation sites (N-methyl/N-ethyl adjacent to an activating group) is 1. The summed E-state index contributed by atoms with van der Waals surface area (Å²) in [6.07, 6.45) is 0. The van der Waals surface area contributed by atoms with E-state index in [4.69, 9.17) is 9.26 Å². The van der Waals surface area contributed by atoms with E-state index in [1.165, 1.54) is 0 Å². The Morgan fingerprint density at radius 3 is 2.80 bits per heavy atom. The molecule has 0 N–H and O–H groups in total. The predicted molar refractivity (Wildman–Crippen MR) is 90.5 cm³/mol. The van der Waals surface area contributed by atoms with Crippen LogP contribution in [0, 0.1) is 13.8 Å². The first kappa shape index (κ1) is 17.3. The van der Waals surface area contributed by atoms with Crippen LogP contribution in [0.5, 0.6) is 5.88 Å². The Balaban J connectivity index is 1.83. The van der Waals surface area contributed by atoms with Gasteiger partial charge in [0.2, 0.25) is 11.8 Å². The second kappa shape index (κ2) is 7.18. The van der Waals surface area contributed by atoms with E-state index in [9.17, 15) is 4.79 Å². The second-order valence-corrected chi connectivity index (χ2v) is 6.17. The number of carbonyl (C=O) groups excluding carboxylic acids is 1. The molecule has 8 heteroatoms. The van der Waals surface area contributed by atoms with Gasteiger partial charge in [-0.05, 0) is 40.0 Å². The Morgan fingerprint density at radius 1 is 1.32 bits per heavy atom. The van der Waals surface area contributed by atoms with Crippen molar-refractivity contribution in [1.29, 1.82) is 0 Å². The molecule has 0 spiro atoms. The first-order chi connectivity index (χ1) is 12.0. The highest BCUT2D eigenvalue weighted by atomic mass is 16.5. The van der Waals surface area contributed by atoms with Crippen LogP contribution in [0.1, 0.15) is 40.7 Å². The van der Waals surface area contributed by atoms with E-state index in [1.54, 1.807) is 17.9 Å². The molecular weight excluding hydrogens is 322 g/mol. The van der Waals surface area contributed by atoms with E-state index in [0.29, 0.717) is 42.9 Å². The van der Waals surface area contributed by atoms with Gasteiger partial charge in [-0.1, -0.05) is 5.16 Å². The van der Waals surface area contributed by atoms with Gasteiger partial charge < -0.3 is 14.2 Å². The summed E-state index contributed by atoms with van der Waals surface area (Å²) in [5, 5.41) is 3.86. The fourth-order valence-electron chi connectivity index (χ4n) is 2.89. The standard InChI is InChI=1S/C17H23N5O3/c1-5-24-15-13(7-6-11(2)18-15)17(23)22-9-8-21(4)14(10-22)16-19-12(3)20-25-16/h6-7,14H,5,8-10H2,1-4H3/t14-/m1/s1. The van der Waals surface area contributed by atoms with Crippen molar-refractivity contribution in [3.8, 4) is 5.88 Å². The van der Waals surface area contributed by atoms with Gasteiger partial charge in [0, 0.05) is 25.3 Å². The molecule has 0 aromatic carbocycles. The maximum atomic E-state index is 13.0. The Labute approximate surface area is 146 Å². The van der Waals surface area contributed by atoms with Crippen molar-refractivity contribution in [2.24, 2.45) is 0 Å². The summed E-state index contributed by atoms with van der Waals surface area (Å²) in [6.45, 7) is 7.83. The molecule has 1 aliphatic heterocycles. The lowest BCUT2D eigenvalue weighted by atomic mass is 10.1. The number of amides is 1. The number of aromatic nitrogens is 3. The van der Waals surface area contributed by atoms with Crippen LogP contribution in [0.4, 0.5) is 0 Å². The Hall–Kier alpha value is -2.48. The quantitative estimate of drug-likeness (QED) is 0.832. The summed E-state index contributed by atoms with van der Waals surface area (Å²) < 4.78 is 10.9. The van der Waals surface area contributed by atoms with E-state index in [2.05, 4.69) is 20.0 Å². The van der Waals surface area contributed by atoms with Crippen LogP contribution in [-0.4, -0.2) is 64.1 Å². The molecule has 1 amide bonds. The molecular formula is C17H23N5O3. The molecule has 2 aromatic heterocycles. The van der Waals surface area contributed by atoms with Gasteiger partial charge in [0.1, 0.15) is 11.6 Å². The highest BCUT2D eigenvalue weighted by molar-refractivity contribution is 5.96. The summed E-state index contributed by atoms with van der Waals surface area (Å²) in [5.41, 5.74) is 1.30. The third kappa shape index (κ3) is 3.63. The van der Waals surface area contributed by atoms with Gasteiger partial charge in [0.05, 0.1) is 6.61 Å². The van der Waals surface area contributed by atoms with Crippen molar-refractivity contribution in [3.63, 3.8) is 0 Å². The number of rotatable bonds is 4. The topological polar surface area (TPSA) is 84.6 Å². The highest BCUT2D eigenvalue weighted by Gasteiger charge is 2.33. The lowest BCUT2D eigenvalue weighted by Gasteiger charge is -2.37. The normalized spacial score (nSPS) is 18.4. The lowest BCUT2D eigenvalue weighted by Crippen LogP contribution is -2.49. The molecule has 1 aliphatic rings. The Morgan fingerprint density at radius 2 is 2.12 bits per heavy atom. The molecule has 0 bridgehead atoms. The molecule has 25 heavy (non-hydrogen) atoms. The van der Waals surface area contributed by atoms with Crippen molar-refractivity contribution in [2.45, 2.75) is 26.8 Å². The van der Waals surface area contributed by atoms with Crippen LogP contribution >= 0.6 is 0 Å². The van der Waals surface area contributed by atoms with Crippen LogP contribution in [0.2, 0.25) is 0 Å². The van der Waals surface area contributed by atoms with Crippen molar-refractivity contribution < 1.29 is 14.1 Å². The minimum atomic E-state index is -0.118. The zero-order valence-electron chi connectivity index (χ0n) is 15.0. The SMILES string of the molecule is CCOc1nc(C)ccc1C(=O)N1CCN(C)[C@@H](c2nc(C)no2)C1. The second-order valence-electron chi connectivity index (χ2n) is 6.17. The smallest absolute Gasteiger partial charge is 0.259 e. The van der Waals surface area contributed by atoms with Gasteiger partial charge in [0.25, 0.3) is 5.91 Å². The van der Waals surface area contributed by atoms with E-state index >= 15 is 0 Å². The molecule has 3 heterocycles.